The highest BCUT2D eigenvalue weighted by Crippen LogP contribution is 2.37. The number of hydrogen-bond acceptors (Lipinski definition) is 6. The van der Waals surface area contributed by atoms with E-state index in [1.165, 1.54) is 12.1 Å². The molecule has 3 aromatic rings. The number of carbonyl (C=O) groups excluding carboxylic acids is 1. The number of primary sulfonamides is 1. The Kier molecular flexibility index (Phi) is 8.38. The van der Waals surface area contributed by atoms with E-state index in [0.29, 0.717) is 35.3 Å². The van der Waals surface area contributed by atoms with Gasteiger partial charge >= 0.3 is 0 Å². The molecule has 0 bridgehead atoms. The second-order valence-corrected chi connectivity index (χ2v) is 9.43. The molecule has 0 spiro atoms. The van der Waals surface area contributed by atoms with Crippen LogP contribution in [0, 0.1) is 6.92 Å². The number of nitrogens with one attached hydrogen (secondary N) is 2. The third kappa shape index (κ3) is 7.11. The zero-order chi connectivity index (χ0) is 24.7. The molecule has 0 atom stereocenters. The lowest BCUT2D eigenvalue weighted by Gasteiger charge is -2.16. The fraction of sp³-hybridized carbons (Fsp3) is 0.208. The summed E-state index contributed by atoms with van der Waals surface area (Å²) in [5, 5.41) is 11.4. The lowest BCUT2D eigenvalue weighted by Crippen LogP contribution is -2.20. The third-order valence-corrected chi connectivity index (χ3v) is 5.94. The van der Waals surface area contributed by atoms with E-state index < -0.39 is 10.0 Å². The van der Waals surface area contributed by atoms with Gasteiger partial charge in [-0.25, -0.2) is 13.6 Å². The van der Waals surface area contributed by atoms with Crippen LogP contribution in [0.25, 0.3) is 0 Å². The van der Waals surface area contributed by atoms with Gasteiger partial charge in [0.15, 0.2) is 18.1 Å². The predicted molar refractivity (Wildman–Crippen MR) is 133 cm³/mol. The summed E-state index contributed by atoms with van der Waals surface area (Å²) in [6.45, 7) is 4.34. The van der Waals surface area contributed by atoms with Crippen LogP contribution >= 0.6 is 11.6 Å². The summed E-state index contributed by atoms with van der Waals surface area (Å²) in [5.41, 5.74) is 3.28. The van der Waals surface area contributed by atoms with Gasteiger partial charge in [-0.15, -0.1) is 0 Å². The monoisotopic (exact) mass is 503 g/mol. The first kappa shape index (κ1) is 25.4. The molecule has 0 aliphatic carbocycles. The van der Waals surface area contributed by atoms with Gasteiger partial charge in [0.1, 0.15) is 0 Å². The Morgan fingerprint density at radius 1 is 1.00 bits per heavy atom. The highest BCUT2D eigenvalue weighted by molar-refractivity contribution is 7.89. The molecule has 4 N–H and O–H groups in total. The summed E-state index contributed by atoms with van der Waals surface area (Å²) in [4.78, 5) is 12.3. The molecule has 0 aliphatic heterocycles. The lowest BCUT2D eigenvalue weighted by molar-refractivity contribution is -0.118. The van der Waals surface area contributed by atoms with Crippen LogP contribution < -0.4 is 25.2 Å². The minimum Gasteiger partial charge on any atom is -0.490 e. The van der Waals surface area contributed by atoms with Crippen molar-refractivity contribution in [2.45, 2.75) is 25.3 Å². The summed E-state index contributed by atoms with van der Waals surface area (Å²) in [6.07, 6.45) is 0. The SMILES string of the molecule is CCOc1cc(CNc2ccc(S(N)(=O)=O)cc2)cc(Cl)c1OCC(=O)Nc1ccc(C)cc1. The highest BCUT2D eigenvalue weighted by atomic mass is 35.5. The summed E-state index contributed by atoms with van der Waals surface area (Å²) in [5.74, 6) is 0.374. The number of sulfonamides is 1. The van der Waals surface area contributed by atoms with Crippen molar-refractivity contribution in [2.24, 2.45) is 5.14 Å². The molecule has 0 heterocycles. The molecule has 0 fully saturated rings. The number of rotatable bonds is 10. The number of halogens is 1. The Labute approximate surface area is 204 Å². The number of anilines is 2. The van der Waals surface area contributed by atoms with Gasteiger partial charge in [-0.2, -0.15) is 0 Å². The van der Waals surface area contributed by atoms with Crippen molar-refractivity contribution < 1.29 is 22.7 Å². The first-order valence-corrected chi connectivity index (χ1v) is 12.4. The van der Waals surface area contributed by atoms with Gasteiger partial charge in [0.2, 0.25) is 10.0 Å². The number of carbonyl (C=O) groups is 1. The summed E-state index contributed by atoms with van der Waals surface area (Å²) < 4.78 is 34.1. The maximum Gasteiger partial charge on any atom is 0.262 e. The van der Waals surface area contributed by atoms with Crippen molar-refractivity contribution >= 4 is 38.9 Å². The summed E-state index contributed by atoms with van der Waals surface area (Å²) >= 11 is 6.44. The highest BCUT2D eigenvalue weighted by Gasteiger charge is 2.15. The van der Waals surface area contributed by atoms with E-state index in [1.54, 1.807) is 24.3 Å². The minimum absolute atomic E-state index is 0.0349. The quantitative estimate of drug-likeness (QED) is 0.379. The van der Waals surface area contributed by atoms with Gasteiger partial charge in [-0.3, -0.25) is 4.79 Å². The van der Waals surface area contributed by atoms with E-state index in [9.17, 15) is 13.2 Å². The maximum absolute atomic E-state index is 12.3. The number of nitrogens with two attached hydrogens (primary N) is 1. The second kappa shape index (κ2) is 11.2. The van der Waals surface area contributed by atoms with Crippen molar-refractivity contribution in [1.29, 1.82) is 0 Å². The Morgan fingerprint density at radius 3 is 2.26 bits per heavy atom. The van der Waals surface area contributed by atoms with Crippen LogP contribution in [0.3, 0.4) is 0 Å². The lowest BCUT2D eigenvalue weighted by atomic mass is 10.2. The van der Waals surface area contributed by atoms with Gasteiger partial charge in [-0.05, 0) is 67.9 Å². The van der Waals surface area contributed by atoms with Crippen LogP contribution in [0.1, 0.15) is 18.1 Å². The van der Waals surface area contributed by atoms with Crippen molar-refractivity contribution in [1.82, 2.24) is 0 Å². The van der Waals surface area contributed by atoms with Crippen molar-refractivity contribution in [3.05, 3.63) is 76.8 Å². The minimum atomic E-state index is -3.74. The van der Waals surface area contributed by atoms with Gasteiger partial charge < -0.3 is 20.1 Å². The number of ether oxygens (including phenoxy) is 2. The number of amides is 1. The largest absolute Gasteiger partial charge is 0.490 e. The maximum atomic E-state index is 12.3. The molecule has 0 saturated heterocycles. The van der Waals surface area contributed by atoms with Gasteiger partial charge in [-0.1, -0.05) is 29.3 Å². The molecule has 3 rings (SSSR count). The van der Waals surface area contributed by atoms with E-state index in [1.807, 2.05) is 38.1 Å². The van der Waals surface area contributed by atoms with Gasteiger partial charge in [0, 0.05) is 17.9 Å². The third-order valence-electron chi connectivity index (χ3n) is 4.73. The van der Waals surface area contributed by atoms with Crippen molar-refractivity contribution in [3.63, 3.8) is 0 Å². The van der Waals surface area contributed by atoms with Crippen LogP contribution in [0.15, 0.2) is 65.6 Å². The normalized spacial score (nSPS) is 11.1. The van der Waals surface area contributed by atoms with Crippen LogP contribution in [-0.2, 0) is 21.4 Å². The molecule has 0 aromatic heterocycles. The van der Waals surface area contributed by atoms with Crippen LogP contribution in [-0.4, -0.2) is 27.5 Å². The zero-order valence-electron chi connectivity index (χ0n) is 18.8. The Balaban J connectivity index is 1.66. The molecular weight excluding hydrogens is 478 g/mol. The first-order valence-electron chi connectivity index (χ1n) is 10.5. The smallest absolute Gasteiger partial charge is 0.262 e. The average Bonchev–Trinajstić information content (AvgIpc) is 2.78. The van der Waals surface area contributed by atoms with Crippen molar-refractivity contribution in [2.75, 3.05) is 23.8 Å². The topological polar surface area (TPSA) is 120 Å². The molecule has 0 radical (unpaired) electrons. The van der Waals surface area contributed by atoms with Gasteiger partial charge in [0.25, 0.3) is 5.91 Å². The first-order chi connectivity index (χ1) is 16.2. The molecule has 3 aromatic carbocycles. The number of benzene rings is 3. The summed E-state index contributed by atoms with van der Waals surface area (Å²) in [6, 6.07) is 17.0. The van der Waals surface area contributed by atoms with Crippen LogP contribution in [0.5, 0.6) is 11.5 Å². The van der Waals surface area contributed by atoms with E-state index in [-0.39, 0.29) is 23.2 Å². The number of aryl methyl sites for hydroxylation is 1. The Hall–Kier alpha value is -3.27. The fourth-order valence-electron chi connectivity index (χ4n) is 3.06. The molecule has 0 saturated carbocycles. The zero-order valence-corrected chi connectivity index (χ0v) is 20.4. The standard InChI is InChI=1S/C24H26ClN3O5S/c1-3-32-22-13-17(14-27-18-8-10-20(11-9-18)34(26,30)31)12-21(25)24(22)33-15-23(29)28-19-6-4-16(2)5-7-19/h4-13,27H,3,14-15H2,1-2H3,(H,28,29)(H2,26,30,31). The fourth-order valence-corrected chi connectivity index (χ4v) is 3.87. The molecular formula is C24H26ClN3O5S. The molecule has 8 nitrogen and oxygen atoms in total. The molecule has 10 heteroatoms. The molecule has 0 unspecified atom stereocenters. The second-order valence-electron chi connectivity index (χ2n) is 7.46. The summed E-state index contributed by atoms with van der Waals surface area (Å²) in [7, 11) is -3.74. The predicted octanol–water partition coefficient (Wildman–Crippen LogP) is 4.32. The van der Waals surface area contributed by atoms with E-state index in [2.05, 4.69) is 10.6 Å². The molecule has 34 heavy (non-hydrogen) atoms. The average molecular weight is 504 g/mol. The molecule has 0 aliphatic rings. The molecule has 180 valence electrons. The van der Waals surface area contributed by atoms with Crippen molar-refractivity contribution in [3.8, 4) is 11.5 Å². The van der Waals surface area contributed by atoms with Gasteiger partial charge in [0.05, 0.1) is 16.5 Å². The number of hydrogen-bond donors (Lipinski definition) is 3. The Bertz CT molecular complexity index is 1250. The Morgan fingerprint density at radius 2 is 1.65 bits per heavy atom. The molecule has 1 amide bonds. The van der Waals surface area contributed by atoms with E-state index >= 15 is 0 Å². The van der Waals surface area contributed by atoms with E-state index in [4.69, 9.17) is 26.2 Å². The van der Waals surface area contributed by atoms with Crippen LogP contribution in [0.2, 0.25) is 5.02 Å². The van der Waals surface area contributed by atoms with Crippen LogP contribution in [0.4, 0.5) is 11.4 Å². The van der Waals surface area contributed by atoms with E-state index in [0.717, 1.165) is 11.1 Å².